The third-order valence-electron chi connectivity index (χ3n) is 4.49. The normalized spacial score (nSPS) is 11.3. The summed E-state index contributed by atoms with van der Waals surface area (Å²) in [5, 5.41) is 2.70. The van der Waals surface area contributed by atoms with E-state index in [1.54, 1.807) is 31.2 Å². The number of hydrazine groups is 1. The van der Waals surface area contributed by atoms with Gasteiger partial charge in [-0.1, -0.05) is 39.0 Å². The van der Waals surface area contributed by atoms with Crippen LogP contribution in [0.5, 0.6) is 5.75 Å². The van der Waals surface area contributed by atoms with Crippen LogP contribution >= 0.6 is 0 Å². The molecule has 0 saturated heterocycles. The Labute approximate surface area is 170 Å². The predicted octanol–water partition coefficient (Wildman–Crippen LogP) is 3.39. The number of hydrogen-bond donors (Lipinski definition) is 3. The number of benzene rings is 2. The van der Waals surface area contributed by atoms with E-state index >= 15 is 0 Å². The summed E-state index contributed by atoms with van der Waals surface area (Å²) in [4.78, 5) is 35.5. The van der Waals surface area contributed by atoms with Crippen LogP contribution in [-0.4, -0.2) is 24.3 Å². The third kappa shape index (κ3) is 6.64. The number of para-hydroxylation sites is 1. The monoisotopic (exact) mass is 397 g/mol. The molecule has 3 N–H and O–H groups in total. The van der Waals surface area contributed by atoms with Gasteiger partial charge < -0.3 is 10.1 Å². The highest BCUT2D eigenvalue weighted by Gasteiger charge is 2.12. The first-order chi connectivity index (χ1) is 13.9. The minimum Gasteiger partial charge on any atom is -0.483 e. The predicted molar refractivity (Wildman–Crippen MR) is 112 cm³/mol. The van der Waals surface area contributed by atoms with Gasteiger partial charge in [0.1, 0.15) is 5.75 Å². The summed E-state index contributed by atoms with van der Waals surface area (Å²) in [6, 6.07) is 14.0. The number of hydrogen-bond acceptors (Lipinski definition) is 4. The van der Waals surface area contributed by atoms with Gasteiger partial charge in [-0.25, -0.2) is 0 Å². The molecule has 154 valence electrons. The minimum atomic E-state index is -0.468. The van der Waals surface area contributed by atoms with Crippen LogP contribution in [0.2, 0.25) is 0 Å². The largest absolute Gasteiger partial charge is 0.483 e. The highest BCUT2D eigenvalue weighted by atomic mass is 16.5. The van der Waals surface area contributed by atoms with Gasteiger partial charge in [0.05, 0.1) is 0 Å². The summed E-state index contributed by atoms with van der Waals surface area (Å²) in [6.45, 7) is 5.73. The summed E-state index contributed by atoms with van der Waals surface area (Å²) in [7, 11) is 0. The number of anilines is 1. The molecule has 1 atom stereocenters. The van der Waals surface area contributed by atoms with Gasteiger partial charge >= 0.3 is 0 Å². The Morgan fingerprint density at radius 3 is 2.28 bits per heavy atom. The van der Waals surface area contributed by atoms with Crippen LogP contribution in [0.15, 0.2) is 48.5 Å². The number of carbonyl (C=O) groups excluding carboxylic acids is 3. The number of amides is 3. The van der Waals surface area contributed by atoms with E-state index in [0.29, 0.717) is 29.3 Å². The summed E-state index contributed by atoms with van der Waals surface area (Å²) >= 11 is 0. The minimum absolute atomic E-state index is 0.107. The maximum atomic E-state index is 12.1. The number of ether oxygens (including phenoxy) is 1. The Hall–Kier alpha value is -3.35. The molecule has 7 nitrogen and oxygen atoms in total. The molecular formula is C22H27N3O4. The molecule has 0 bridgehead atoms. The van der Waals surface area contributed by atoms with Crippen molar-refractivity contribution in [2.45, 2.75) is 39.5 Å². The topological polar surface area (TPSA) is 96.5 Å². The van der Waals surface area contributed by atoms with E-state index in [2.05, 4.69) is 30.0 Å². The van der Waals surface area contributed by atoms with Crippen molar-refractivity contribution in [2.75, 3.05) is 11.9 Å². The number of rotatable bonds is 8. The Kier molecular flexibility index (Phi) is 8.21. The molecule has 0 aliphatic carbocycles. The summed E-state index contributed by atoms with van der Waals surface area (Å²) < 4.78 is 5.62. The fourth-order valence-corrected chi connectivity index (χ4v) is 2.57. The lowest BCUT2D eigenvalue weighted by atomic mass is 9.98. The lowest BCUT2D eigenvalue weighted by molar-refractivity contribution is -0.123. The van der Waals surface area contributed by atoms with Crippen molar-refractivity contribution in [2.24, 2.45) is 0 Å². The smallest absolute Gasteiger partial charge is 0.276 e. The maximum absolute atomic E-state index is 12.1. The van der Waals surface area contributed by atoms with E-state index in [4.69, 9.17) is 4.74 Å². The molecule has 0 aliphatic heterocycles. The lowest BCUT2D eigenvalue weighted by Crippen LogP contribution is -2.43. The van der Waals surface area contributed by atoms with Crippen molar-refractivity contribution >= 4 is 23.4 Å². The first kappa shape index (κ1) is 21.9. The Bertz CT molecular complexity index is 849. The molecule has 1 unspecified atom stereocenters. The van der Waals surface area contributed by atoms with Gasteiger partial charge in [-0.3, -0.25) is 25.2 Å². The molecule has 0 aliphatic rings. The molecule has 0 heterocycles. The first-order valence-corrected chi connectivity index (χ1v) is 9.65. The zero-order valence-electron chi connectivity index (χ0n) is 17.0. The highest BCUT2D eigenvalue weighted by molar-refractivity contribution is 5.96. The molecule has 2 aromatic rings. The van der Waals surface area contributed by atoms with E-state index in [1.165, 1.54) is 0 Å². The van der Waals surface area contributed by atoms with Gasteiger partial charge in [-0.15, -0.1) is 0 Å². The summed E-state index contributed by atoms with van der Waals surface area (Å²) in [5.41, 5.74) is 6.68. The average molecular weight is 397 g/mol. The van der Waals surface area contributed by atoms with Gasteiger partial charge in [-0.2, -0.15) is 0 Å². The molecular weight excluding hydrogens is 370 g/mol. The molecule has 7 heteroatoms. The van der Waals surface area contributed by atoms with Gasteiger partial charge in [-0.05, 0) is 48.2 Å². The number of nitrogens with one attached hydrogen (secondary N) is 3. The maximum Gasteiger partial charge on any atom is 0.276 e. The van der Waals surface area contributed by atoms with Gasteiger partial charge in [0.2, 0.25) is 5.91 Å². The summed E-state index contributed by atoms with van der Waals surface area (Å²) in [6.07, 6.45) is 1.34. The molecule has 2 aromatic carbocycles. The van der Waals surface area contributed by atoms with Crippen LogP contribution in [0.25, 0.3) is 0 Å². The van der Waals surface area contributed by atoms with Crippen LogP contribution in [-0.2, 0) is 9.59 Å². The van der Waals surface area contributed by atoms with E-state index in [0.717, 1.165) is 12.0 Å². The standard InChI is InChI=1S/C22H27N3O4/c1-4-15(3)18-8-6-7-9-19(18)29-14-21(27)24-25-22(28)16-10-12-17(13-11-16)23-20(26)5-2/h6-13,15H,4-5,14H2,1-3H3,(H,23,26)(H,24,27)(H,25,28). The van der Waals surface area contributed by atoms with Gasteiger partial charge in [0.15, 0.2) is 6.61 Å². The van der Waals surface area contributed by atoms with Crippen LogP contribution < -0.4 is 20.9 Å². The van der Waals surface area contributed by atoms with Crippen molar-refractivity contribution in [1.82, 2.24) is 10.9 Å². The molecule has 0 fully saturated rings. The molecule has 2 rings (SSSR count). The zero-order valence-corrected chi connectivity index (χ0v) is 17.0. The van der Waals surface area contributed by atoms with Gasteiger partial charge in [0.25, 0.3) is 11.8 Å². The van der Waals surface area contributed by atoms with Crippen molar-refractivity contribution < 1.29 is 19.1 Å². The Morgan fingerprint density at radius 2 is 1.62 bits per heavy atom. The van der Waals surface area contributed by atoms with Crippen LogP contribution in [0.3, 0.4) is 0 Å². The van der Waals surface area contributed by atoms with Crippen LogP contribution in [0, 0.1) is 0 Å². The van der Waals surface area contributed by atoms with E-state index < -0.39 is 11.8 Å². The van der Waals surface area contributed by atoms with Crippen molar-refractivity contribution in [3.05, 3.63) is 59.7 Å². The Morgan fingerprint density at radius 1 is 0.931 bits per heavy atom. The second kappa shape index (κ2) is 10.8. The fraction of sp³-hybridized carbons (Fsp3) is 0.318. The first-order valence-electron chi connectivity index (χ1n) is 9.65. The molecule has 29 heavy (non-hydrogen) atoms. The third-order valence-corrected chi connectivity index (χ3v) is 4.49. The average Bonchev–Trinajstić information content (AvgIpc) is 2.76. The second-order valence-corrected chi connectivity index (χ2v) is 6.62. The van der Waals surface area contributed by atoms with Crippen molar-refractivity contribution in [3.8, 4) is 5.75 Å². The van der Waals surface area contributed by atoms with Crippen LogP contribution in [0.1, 0.15) is 55.5 Å². The lowest BCUT2D eigenvalue weighted by Gasteiger charge is -2.15. The quantitative estimate of drug-likeness (QED) is 0.595. The molecule has 3 amide bonds. The molecule has 0 saturated carbocycles. The fourth-order valence-electron chi connectivity index (χ4n) is 2.57. The SMILES string of the molecule is CCC(=O)Nc1ccc(C(=O)NNC(=O)COc2ccccc2C(C)CC)cc1. The van der Waals surface area contributed by atoms with E-state index in [-0.39, 0.29) is 12.5 Å². The Balaban J connectivity index is 1.83. The summed E-state index contributed by atoms with van der Waals surface area (Å²) in [5.74, 6) is -0.0627. The second-order valence-electron chi connectivity index (χ2n) is 6.62. The number of carbonyl (C=O) groups is 3. The molecule has 0 radical (unpaired) electrons. The van der Waals surface area contributed by atoms with Gasteiger partial charge in [0, 0.05) is 17.7 Å². The molecule has 0 spiro atoms. The van der Waals surface area contributed by atoms with Crippen molar-refractivity contribution in [3.63, 3.8) is 0 Å². The van der Waals surface area contributed by atoms with E-state index in [1.807, 2.05) is 24.3 Å². The highest BCUT2D eigenvalue weighted by Crippen LogP contribution is 2.28. The van der Waals surface area contributed by atoms with Crippen molar-refractivity contribution in [1.29, 1.82) is 0 Å². The molecule has 0 aromatic heterocycles. The van der Waals surface area contributed by atoms with Crippen LogP contribution in [0.4, 0.5) is 5.69 Å². The van der Waals surface area contributed by atoms with E-state index in [9.17, 15) is 14.4 Å². The zero-order chi connectivity index (χ0) is 21.2.